The minimum absolute atomic E-state index is 0.356. The zero-order valence-electron chi connectivity index (χ0n) is 8.78. The van der Waals surface area contributed by atoms with Crippen molar-refractivity contribution in [1.82, 2.24) is 5.06 Å². The first-order valence-corrected chi connectivity index (χ1v) is 5.23. The van der Waals surface area contributed by atoms with Gasteiger partial charge in [-0.15, -0.1) is 0 Å². The molecule has 0 aromatic heterocycles. The molecule has 1 aliphatic heterocycles. The quantitative estimate of drug-likeness (QED) is 0.795. The first-order valence-electron chi connectivity index (χ1n) is 5.23. The van der Waals surface area contributed by atoms with Crippen LogP contribution in [0.5, 0.6) is 0 Å². The number of rotatable bonds is 1. The predicted molar refractivity (Wildman–Crippen MR) is 57.3 cm³/mol. The van der Waals surface area contributed by atoms with Crippen molar-refractivity contribution in [2.24, 2.45) is 0 Å². The maximum absolute atomic E-state index is 12.9. The fourth-order valence-corrected chi connectivity index (χ4v) is 1.51. The van der Waals surface area contributed by atoms with Gasteiger partial charge < -0.3 is 5.32 Å². The minimum atomic E-state index is -0.377. The molecule has 1 fully saturated rings. The first-order chi connectivity index (χ1) is 7.75. The highest BCUT2D eigenvalue weighted by atomic mass is 19.1. The number of amides is 2. The number of hydrogen-bond acceptors (Lipinski definition) is 2. The van der Waals surface area contributed by atoms with Gasteiger partial charge in [0.25, 0.3) is 0 Å². The first kappa shape index (κ1) is 10.9. The molecule has 0 radical (unpaired) electrons. The summed E-state index contributed by atoms with van der Waals surface area (Å²) in [4.78, 5) is 16.8. The van der Waals surface area contributed by atoms with Gasteiger partial charge in [0.15, 0.2) is 0 Å². The molecule has 16 heavy (non-hydrogen) atoms. The van der Waals surface area contributed by atoms with Crippen molar-refractivity contribution in [3.63, 3.8) is 0 Å². The second-order valence-corrected chi connectivity index (χ2v) is 3.58. The predicted octanol–water partition coefficient (Wildman–Crippen LogP) is 2.39. The van der Waals surface area contributed by atoms with Crippen LogP contribution in [0.25, 0.3) is 0 Å². The molecule has 0 unspecified atom stereocenters. The van der Waals surface area contributed by atoms with Crippen molar-refractivity contribution in [1.29, 1.82) is 0 Å². The van der Waals surface area contributed by atoms with E-state index in [1.165, 1.54) is 17.2 Å². The zero-order chi connectivity index (χ0) is 11.4. The lowest BCUT2D eigenvalue weighted by molar-refractivity contribution is -0.135. The van der Waals surface area contributed by atoms with E-state index in [0.29, 0.717) is 18.8 Å². The summed E-state index contributed by atoms with van der Waals surface area (Å²) in [6.45, 7) is 1.12. The Morgan fingerprint density at radius 1 is 1.44 bits per heavy atom. The Labute approximate surface area is 93.0 Å². The molecule has 0 saturated carbocycles. The fourth-order valence-electron chi connectivity index (χ4n) is 1.51. The average molecular weight is 224 g/mol. The minimum Gasteiger partial charge on any atom is -0.306 e. The Hall–Kier alpha value is -1.62. The second kappa shape index (κ2) is 4.94. The highest BCUT2D eigenvalue weighted by Crippen LogP contribution is 2.12. The van der Waals surface area contributed by atoms with Crippen LogP contribution in [0, 0.1) is 5.82 Å². The van der Waals surface area contributed by atoms with Crippen LogP contribution >= 0.6 is 0 Å². The number of nitrogens with one attached hydrogen (secondary N) is 1. The lowest BCUT2D eigenvalue weighted by Crippen LogP contribution is -2.38. The standard InChI is InChI=1S/C11H13FN2O2/c12-9-4-3-5-10(8-9)13-11(15)14-6-1-2-7-16-14/h3-5,8H,1-2,6-7H2,(H,13,15). The third-order valence-corrected chi connectivity index (χ3v) is 2.31. The number of carbonyl (C=O) groups excluding carboxylic acids is 1. The number of anilines is 1. The van der Waals surface area contributed by atoms with Crippen molar-refractivity contribution in [2.45, 2.75) is 12.8 Å². The van der Waals surface area contributed by atoms with Crippen LogP contribution in [-0.2, 0) is 4.84 Å². The van der Waals surface area contributed by atoms with Gasteiger partial charge in [0, 0.05) is 5.69 Å². The molecule has 5 heteroatoms. The molecule has 86 valence electrons. The number of hydroxylamine groups is 2. The molecule has 1 N–H and O–H groups in total. The number of halogens is 1. The zero-order valence-corrected chi connectivity index (χ0v) is 8.78. The van der Waals surface area contributed by atoms with E-state index in [1.54, 1.807) is 12.1 Å². The fraction of sp³-hybridized carbons (Fsp3) is 0.364. The topological polar surface area (TPSA) is 41.6 Å². The van der Waals surface area contributed by atoms with E-state index in [1.807, 2.05) is 0 Å². The SMILES string of the molecule is O=C(Nc1cccc(F)c1)N1CCCCO1. The Balaban J connectivity index is 1.96. The van der Waals surface area contributed by atoms with Gasteiger partial charge in [0.2, 0.25) is 0 Å². The Bertz CT molecular complexity index is 378. The summed E-state index contributed by atoms with van der Waals surface area (Å²) >= 11 is 0. The highest BCUT2D eigenvalue weighted by molar-refractivity contribution is 5.88. The number of benzene rings is 1. The summed E-state index contributed by atoms with van der Waals surface area (Å²) in [6.07, 6.45) is 1.89. The van der Waals surface area contributed by atoms with Gasteiger partial charge in [-0.25, -0.2) is 14.2 Å². The molecule has 0 atom stereocenters. The van der Waals surface area contributed by atoms with E-state index in [4.69, 9.17) is 4.84 Å². The van der Waals surface area contributed by atoms with Gasteiger partial charge in [-0.1, -0.05) is 6.07 Å². The summed E-state index contributed by atoms with van der Waals surface area (Å²) in [5.74, 6) is -0.377. The second-order valence-electron chi connectivity index (χ2n) is 3.58. The molecule has 0 aliphatic carbocycles. The molecular weight excluding hydrogens is 211 g/mol. The van der Waals surface area contributed by atoms with Gasteiger partial charge in [-0.05, 0) is 31.0 Å². The molecule has 0 bridgehead atoms. The summed E-state index contributed by atoms with van der Waals surface area (Å²) in [7, 11) is 0. The van der Waals surface area contributed by atoms with Crippen LogP contribution in [0.2, 0.25) is 0 Å². The smallest absolute Gasteiger partial charge is 0.306 e. The van der Waals surface area contributed by atoms with Crippen LogP contribution < -0.4 is 5.32 Å². The van der Waals surface area contributed by atoms with Gasteiger partial charge in [-0.2, -0.15) is 0 Å². The maximum atomic E-state index is 12.9. The molecule has 1 aromatic rings. The number of nitrogens with zero attached hydrogens (tertiary/aromatic N) is 1. The normalized spacial score (nSPS) is 15.9. The van der Waals surface area contributed by atoms with Crippen LogP contribution in [0.15, 0.2) is 24.3 Å². The van der Waals surface area contributed by atoms with Crippen molar-refractivity contribution >= 4 is 11.7 Å². The van der Waals surface area contributed by atoms with Crippen molar-refractivity contribution < 1.29 is 14.0 Å². The van der Waals surface area contributed by atoms with E-state index in [-0.39, 0.29) is 11.8 Å². The molecule has 0 spiro atoms. The number of urea groups is 1. The van der Waals surface area contributed by atoms with Gasteiger partial charge >= 0.3 is 6.03 Å². The van der Waals surface area contributed by atoms with Crippen LogP contribution in [0.4, 0.5) is 14.9 Å². The maximum Gasteiger partial charge on any atom is 0.345 e. The Kier molecular flexibility index (Phi) is 3.36. The number of carbonyl (C=O) groups is 1. The summed E-state index contributed by atoms with van der Waals surface area (Å²) in [5.41, 5.74) is 0.430. The van der Waals surface area contributed by atoms with Gasteiger partial charge in [0.1, 0.15) is 5.82 Å². The van der Waals surface area contributed by atoms with Crippen LogP contribution in [-0.4, -0.2) is 24.2 Å². The van der Waals surface area contributed by atoms with E-state index in [2.05, 4.69) is 5.32 Å². The lowest BCUT2D eigenvalue weighted by atomic mass is 10.3. The molecule has 2 amide bonds. The monoisotopic (exact) mass is 224 g/mol. The Morgan fingerprint density at radius 2 is 2.31 bits per heavy atom. The third kappa shape index (κ3) is 2.70. The molecule has 1 aromatic carbocycles. The van der Waals surface area contributed by atoms with Gasteiger partial charge in [-0.3, -0.25) is 4.84 Å². The number of hydrogen-bond donors (Lipinski definition) is 1. The van der Waals surface area contributed by atoms with Crippen LogP contribution in [0.3, 0.4) is 0 Å². The summed E-state index contributed by atoms with van der Waals surface area (Å²) in [5, 5.41) is 3.85. The van der Waals surface area contributed by atoms with Crippen molar-refractivity contribution in [2.75, 3.05) is 18.5 Å². The molecular formula is C11H13FN2O2. The van der Waals surface area contributed by atoms with E-state index in [0.717, 1.165) is 12.8 Å². The van der Waals surface area contributed by atoms with E-state index < -0.39 is 0 Å². The molecule has 1 saturated heterocycles. The Morgan fingerprint density at radius 3 is 3.00 bits per heavy atom. The third-order valence-electron chi connectivity index (χ3n) is 2.31. The molecule has 2 rings (SSSR count). The molecule has 4 nitrogen and oxygen atoms in total. The summed E-state index contributed by atoms with van der Waals surface area (Å²) in [6, 6.07) is 5.41. The van der Waals surface area contributed by atoms with Crippen molar-refractivity contribution in [3.05, 3.63) is 30.1 Å². The molecule has 1 aliphatic rings. The van der Waals surface area contributed by atoms with E-state index >= 15 is 0 Å². The van der Waals surface area contributed by atoms with E-state index in [9.17, 15) is 9.18 Å². The van der Waals surface area contributed by atoms with Crippen molar-refractivity contribution in [3.8, 4) is 0 Å². The van der Waals surface area contributed by atoms with Gasteiger partial charge in [0.05, 0.1) is 13.2 Å². The lowest BCUT2D eigenvalue weighted by Gasteiger charge is -2.25. The van der Waals surface area contributed by atoms with Crippen LogP contribution in [0.1, 0.15) is 12.8 Å². The molecule has 1 heterocycles. The largest absolute Gasteiger partial charge is 0.345 e. The summed E-state index contributed by atoms with van der Waals surface area (Å²) < 4.78 is 12.9. The average Bonchev–Trinajstić information content (AvgIpc) is 2.30. The highest BCUT2D eigenvalue weighted by Gasteiger charge is 2.17.